The first kappa shape index (κ1) is 47.9. The summed E-state index contributed by atoms with van der Waals surface area (Å²) in [5.74, 6) is -5.41. The molecule has 0 spiro atoms. The highest BCUT2D eigenvalue weighted by atomic mass is 28.4. The molecule has 0 radical (unpaired) electrons. The maximum absolute atomic E-state index is 12.6. The van der Waals surface area contributed by atoms with E-state index < -0.39 is 123 Å². The molecule has 2 aliphatic rings. The first-order valence-electron chi connectivity index (χ1n) is 19.2. The second-order valence-electron chi connectivity index (χ2n) is 15.3. The standard InChI is InChI=1S/C41H54O18Si/c1-22(42)50-20-31(52-23(2)43)33-35(53-24(3)44)36(54-25(4)45)38(56-27(6)47)40(58-33)59-34-32(48)30(57-39(49)37(34)55-26(5)46)21-51-60(41(7,8)9,28-16-12-10-13-17-28)29-18-14-11-15-19-29/h10-19,30-40,48-49H,20-21H2,1-9H3/t30-,31+,32-,33-,34+,35-,36+,37+,38+,39+,40-/m1/s1. The summed E-state index contributed by atoms with van der Waals surface area (Å²) in [6, 6.07) is 19.2. The number of carbonyl (C=O) groups is 6. The van der Waals surface area contributed by atoms with Gasteiger partial charge in [0.2, 0.25) is 0 Å². The number of hydrogen-bond donors (Lipinski definition) is 2. The molecular formula is C41H54O18Si. The van der Waals surface area contributed by atoms with E-state index in [-0.39, 0.29) is 6.61 Å². The Bertz CT molecular complexity index is 1760. The van der Waals surface area contributed by atoms with Crippen LogP contribution in [0.1, 0.15) is 62.3 Å². The molecule has 60 heavy (non-hydrogen) atoms. The molecule has 2 saturated heterocycles. The Balaban J connectivity index is 1.82. The third-order valence-corrected chi connectivity index (χ3v) is 14.7. The molecule has 0 unspecified atom stereocenters. The van der Waals surface area contributed by atoms with Gasteiger partial charge in [-0.2, -0.15) is 0 Å². The molecule has 2 fully saturated rings. The van der Waals surface area contributed by atoms with Gasteiger partial charge in [0.15, 0.2) is 43.1 Å². The average Bonchev–Trinajstić information content (AvgIpc) is 3.15. The van der Waals surface area contributed by atoms with E-state index in [0.717, 1.165) is 51.9 Å². The predicted octanol–water partition coefficient (Wildman–Crippen LogP) is 0.973. The van der Waals surface area contributed by atoms with Crippen molar-refractivity contribution in [2.75, 3.05) is 13.2 Å². The molecule has 11 atom stereocenters. The minimum absolute atomic E-state index is 0.332. The van der Waals surface area contributed by atoms with Gasteiger partial charge in [-0.3, -0.25) is 28.8 Å². The Morgan fingerprint density at radius 1 is 0.633 bits per heavy atom. The van der Waals surface area contributed by atoms with Crippen LogP contribution in [0.25, 0.3) is 0 Å². The van der Waals surface area contributed by atoms with Crippen LogP contribution >= 0.6 is 0 Å². The molecule has 2 aromatic rings. The Hall–Kier alpha value is -4.76. The lowest BCUT2D eigenvalue weighted by Gasteiger charge is -2.49. The molecule has 2 heterocycles. The van der Waals surface area contributed by atoms with Crippen LogP contribution in [0.15, 0.2) is 60.7 Å². The SMILES string of the molecule is CC(=O)OC[C@H](OC(C)=O)[C@H]1O[C@H](O[C@H]2[C@H](O)[C@@H](CO[Si](c3ccccc3)(c3ccccc3)C(C)(C)C)O[C@H](O)[C@H]2OC(C)=O)[C@@H](OC(C)=O)[C@@H](OC(C)=O)[C@@H]1OC(C)=O. The van der Waals surface area contributed by atoms with Crippen molar-refractivity contribution in [2.24, 2.45) is 0 Å². The predicted molar refractivity (Wildman–Crippen MR) is 208 cm³/mol. The first-order valence-corrected chi connectivity index (χ1v) is 21.1. The van der Waals surface area contributed by atoms with E-state index in [4.69, 9.17) is 47.1 Å². The van der Waals surface area contributed by atoms with E-state index in [2.05, 4.69) is 0 Å². The second-order valence-corrected chi connectivity index (χ2v) is 19.7. The van der Waals surface area contributed by atoms with E-state index in [1.165, 1.54) is 0 Å². The van der Waals surface area contributed by atoms with Crippen LogP contribution in [-0.4, -0.2) is 135 Å². The maximum atomic E-state index is 12.6. The Labute approximate surface area is 348 Å². The zero-order valence-corrected chi connectivity index (χ0v) is 36.0. The highest BCUT2D eigenvalue weighted by Gasteiger charge is 2.59. The lowest BCUT2D eigenvalue weighted by Crippen LogP contribution is -2.69. The Kier molecular flexibility index (Phi) is 16.5. The highest BCUT2D eigenvalue weighted by molar-refractivity contribution is 6.99. The third kappa shape index (κ3) is 11.7. The van der Waals surface area contributed by atoms with Crippen molar-refractivity contribution in [3.8, 4) is 0 Å². The molecule has 2 aromatic carbocycles. The summed E-state index contributed by atoms with van der Waals surface area (Å²) in [6.45, 7) is 11.3. The summed E-state index contributed by atoms with van der Waals surface area (Å²) < 4.78 is 58.0. The molecule has 4 rings (SSSR count). The number of aliphatic hydroxyl groups excluding tert-OH is 2. The summed E-state index contributed by atoms with van der Waals surface area (Å²) in [6.07, 6.45) is -19.1. The van der Waals surface area contributed by atoms with Crippen molar-refractivity contribution >= 4 is 54.5 Å². The van der Waals surface area contributed by atoms with Crippen LogP contribution in [0.2, 0.25) is 5.04 Å². The van der Waals surface area contributed by atoms with E-state index >= 15 is 0 Å². The van der Waals surface area contributed by atoms with E-state index in [9.17, 15) is 39.0 Å². The van der Waals surface area contributed by atoms with Crippen LogP contribution in [0.5, 0.6) is 0 Å². The molecule has 330 valence electrons. The van der Waals surface area contributed by atoms with Gasteiger partial charge >= 0.3 is 35.8 Å². The maximum Gasteiger partial charge on any atom is 0.303 e. The van der Waals surface area contributed by atoms with Gasteiger partial charge in [-0.1, -0.05) is 81.4 Å². The zero-order chi connectivity index (χ0) is 44.5. The number of rotatable bonds is 15. The molecular weight excluding hydrogens is 809 g/mol. The molecule has 0 bridgehead atoms. The monoisotopic (exact) mass is 862 g/mol. The molecule has 2 aliphatic heterocycles. The highest BCUT2D eigenvalue weighted by Crippen LogP contribution is 2.39. The minimum atomic E-state index is -3.27. The van der Waals surface area contributed by atoms with Gasteiger partial charge in [-0.05, 0) is 15.4 Å². The fraction of sp³-hybridized carbons (Fsp3) is 0.561. The number of carbonyl (C=O) groups excluding carboxylic acids is 6. The van der Waals surface area contributed by atoms with Crippen LogP contribution in [0.4, 0.5) is 0 Å². The second kappa shape index (κ2) is 20.7. The molecule has 18 nitrogen and oxygen atoms in total. The molecule has 2 N–H and O–H groups in total. The summed E-state index contributed by atoms with van der Waals surface area (Å²) >= 11 is 0. The number of benzene rings is 2. The van der Waals surface area contributed by atoms with Crippen molar-refractivity contribution in [1.82, 2.24) is 0 Å². The van der Waals surface area contributed by atoms with Gasteiger partial charge in [-0.25, -0.2) is 0 Å². The van der Waals surface area contributed by atoms with Gasteiger partial charge in [0.1, 0.15) is 31.0 Å². The average molecular weight is 863 g/mol. The van der Waals surface area contributed by atoms with Crippen LogP contribution in [-0.2, 0) is 75.8 Å². The normalized spacial score (nSPS) is 27.4. The molecule has 0 aliphatic carbocycles. The topological polar surface area (TPSA) is 235 Å². The van der Waals surface area contributed by atoms with Crippen molar-refractivity contribution in [2.45, 2.75) is 135 Å². The Morgan fingerprint density at radius 3 is 1.58 bits per heavy atom. The van der Waals surface area contributed by atoms with Crippen molar-refractivity contribution in [1.29, 1.82) is 0 Å². The van der Waals surface area contributed by atoms with Crippen LogP contribution in [0, 0.1) is 0 Å². The minimum Gasteiger partial charge on any atom is -0.462 e. The quantitative estimate of drug-likeness (QED) is 0.144. The van der Waals surface area contributed by atoms with Gasteiger partial charge in [-0.15, -0.1) is 0 Å². The van der Waals surface area contributed by atoms with E-state index in [0.29, 0.717) is 0 Å². The molecule has 0 amide bonds. The molecule has 19 heteroatoms. The number of hydrogen-bond acceptors (Lipinski definition) is 18. The number of ether oxygens (including phenoxy) is 9. The van der Waals surface area contributed by atoms with E-state index in [1.54, 1.807) is 0 Å². The molecule has 0 saturated carbocycles. The first-order chi connectivity index (χ1) is 28.2. The van der Waals surface area contributed by atoms with Crippen molar-refractivity contribution in [3.63, 3.8) is 0 Å². The van der Waals surface area contributed by atoms with E-state index in [1.807, 2.05) is 81.4 Å². The Morgan fingerprint density at radius 2 is 1.12 bits per heavy atom. The fourth-order valence-corrected chi connectivity index (χ4v) is 12.0. The van der Waals surface area contributed by atoms with Crippen molar-refractivity contribution < 1.29 is 86.0 Å². The number of esters is 6. The fourth-order valence-electron chi connectivity index (χ4n) is 7.46. The smallest absolute Gasteiger partial charge is 0.303 e. The summed E-state index contributed by atoms with van der Waals surface area (Å²) in [5.41, 5.74) is 0. The summed E-state index contributed by atoms with van der Waals surface area (Å²) in [7, 11) is -3.27. The zero-order valence-electron chi connectivity index (χ0n) is 35.0. The molecule has 0 aromatic heterocycles. The number of aliphatic hydroxyl groups is 2. The van der Waals surface area contributed by atoms with Crippen LogP contribution < -0.4 is 10.4 Å². The summed E-state index contributed by atoms with van der Waals surface area (Å²) in [4.78, 5) is 74.3. The van der Waals surface area contributed by atoms with Gasteiger partial charge in [0, 0.05) is 41.5 Å². The third-order valence-electron chi connectivity index (χ3n) is 9.68. The lowest BCUT2D eigenvalue weighted by molar-refractivity contribution is -0.361. The van der Waals surface area contributed by atoms with Crippen molar-refractivity contribution in [3.05, 3.63) is 60.7 Å². The summed E-state index contributed by atoms with van der Waals surface area (Å²) in [5, 5.41) is 24.8. The van der Waals surface area contributed by atoms with Gasteiger partial charge < -0.3 is 57.3 Å². The van der Waals surface area contributed by atoms with Crippen LogP contribution in [0.3, 0.4) is 0 Å². The van der Waals surface area contributed by atoms with Gasteiger partial charge in [0.05, 0.1) is 6.61 Å². The lowest BCUT2D eigenvalue weighted by atomic mass is 9.93. The van der Waals surface area contributed by atoms with Gasteiger partial charge in [0.25, 0.3) is 8.32 Å². The largest absolute Gasteiger partial charge is 0.462 e.